The summed E-state index contributed by atoms with van der Waals surface area (Å²) in [4.78, 5) is 0. The van der Waals surface area contributed by atoms with Crippen molar-refractivity contribution in [2.24, 2.45) is 0 Å². The Morgan fingerprint density at radius 3 is 1.93 bits per heavy atom. The Bertz CT molecular complexity index is 1020. The van der Waals surface area contributed by atoms with Gasteiger partial charge in [0.1, 0.15) is 0 Å². The highest BCUT2D eigenvalue weighted by molar-refractivity contribution is 7.92. The summed E-state index contributed by atoms with van der Waals surface area (Å²) >= 11 is 0. The summed E-state index contributed by atoms with van der Waals surface area (Å²) in [6.45, 7) is 0. The molecular formula is C21H19N3O2S. The highest BCUT2D eigenvalue weighted by Crippen LogP contribution is 2.20. The number of hydrogen-bond donors (Lipinski definition) is 2. The van der Waals surface area contributed by atoms with Gasteiger partial charge < -0.3 is 5.32 Å². The van der Waals surface area contributed by atoms with Crippen molar-refractivity contribution in [2.75, 3.05) is 15.8 Å². The van der Waals surface area contributed by atoms with Crippen LogP contribution in [0.2, 0.25) is 0 Å². The average molecular weight is 377 g/mol. The van der Waals surface area contributed by atoms with E-state index in [4.69, 9.17) is 5.26 Å². The van der Waals surface area contributed by atoms with Gasteiger partial charge in [-0.25, -0.2) is 8.42 Å². The number of hydrogen-bond acceptors (Lipinski definition) is 4. The molecule has 3 aromatic carbocycles. The number of rotatable bonds is 7. The van der Waals surface area contributed by atoms with Crippen molar-refractivity contribution in [3.63, 3.8) is 0 Å². The fraction of sp³-hybridized carbons (Fsp3) is 0.0952. The quantitative estimate of drug-likeness (QED) is 0.644. The van der Waals surface area contributed by atoms with Crippen LogP contribution in [0.3, 0.4) is 0 Å². The van der Waals surface area contributed by atoms with Gasteiger partial charge in [-0.2, -0.15) is 5.26 Å². The van der Waals surface area contributed by atoms with Crippen molar-refractivity contribution in [1.29, 1.82) is 5.26 Å². The maximum absolute atomic E-state index is 12.3. The first kappa shape index (κ1) is 18.5. The van der Waals surface area contributed by atoms with Crippen LogP contribution in [0.15, 0.2) is 78.9 Å². The summed E-state index contributed by atoms with van der Waals surface area (Å²) in [6.07, 6.45) is 0.467. The predicted octanol–water partition coefficient (Wildman–Crippen LogP) is 4.29. The molecule has 0 fully saturated rings. The van der Waals surface area contributed by atoms with Crippen molar-refractivity contribution in [3.8, 4) is 6.07 Å². The molecule has 0 aromatic heterocycles. The minimum absolute atomic E-state index is 0.0300. The first-order chi connectivity index (χ1) is 13.0. The predicted molar refractivity (Wildman–Crippen MR) is 108 cm³/mol. The molecule has 0 heterocycles. The second-order valence-corrected chi connectivity index (χ2v) is 7.89. The summed E-state index contributed by atoms with van der Waals surface area (Å²) in [5.41, 5.74) is 3.79. The summed E-state index contributed by atoms with van der Waals surface area (Å²) in [5.74, 6) is 0.0300. The van der Waals surface area contributed by atoms with Gasteiger partial charge in [0.2, 0.25) is 10.0 Å². The maximum atomic E-state index is 12.3. The van der Waals surface area contributed by atoms with E-state index in [0.29, 0.717) is 17.7 Å². The lowest BCUT2D eigenvalue weighted by Crippen LogP contribution is -2.18. The van der Waals surface area contributed by atoms with Crippen LogP contribution in [0.4, 0.5) is 17.1 Å². The minimum atomic E-state index is -3.41. The van der Waals surface area contributed by atoms with E-state index in [0.717, 1.165) is 16.9 Å². The topological polar surface area (TPSA) is 82.0 Å². The molecule has 0 spiro atoms. The molecule has 0 aliphatic rings. The van der Waals surface area contributed by atoms with Crippen LogP contribution in [0.25, 0.3) is 0 Å². The van der Waals surface area contributed by atoms with Crippen LogP contribution in [-0.4, -0.2) is 14.2 Å². The van der Waals surface area contributed by atoms with Crippen molar-refractivity contribution >= 4 is 27.1 Å². The highest BCUT2D eigenvalue weighted by atomic mass is 32.2. The Morgan fingerprint density at radius 1 is 0.778 bits per heavy atom. The van der Waals surface area contributed by atoms with Crippen LogP contribution in [0, 0.1) is 11.3 Å². The second kappa shape index (κ2) is 8.39. The molecule has 0 saturated carbocycles. The molecule has 2 N–H and O–H groups in total. The lowest BCUT2D eigenvalue weighted by molar-refractivity contribution is 0.600. The van der Waals surface area contributed by atoms with E-state index < -0.39 is 10.0 Å². The molecule has 5 nitrogen and oxygen atoms in total. The van der Waals surface area contributed by atoms with E-state index >= 15 is 0 Å². The first-order valence-electron chi connectivity index (χ1n) is 8.46. The molecule has 0 aliphatic heterocycles. The van der Waals surface area contributed by atoms with E-state index in [-0.39, 0.29) is 5.75 Å². The van der Waals surface area contributed by atoms with Crippen molar-refractivity contribution < 1.29 is 8.42 Å². The van der Waals surface area contributed by atoms with Gasteiger partial charge in [0.05, 0.1) is 17.4 Å². The van der Waals surface area contributed by atoms with Gasteiger partial charge in [0.25, 0.3) is 0 Å². The molecule has 27 heavy (non-hydrogen) atoms. The van der Waals surface area contributed by atoms with Crippen LogP contribution in [-0.2, 0) is 16.4 Å². The molecule has 3 aromatic rings. The zero-order valence-corrected chi connectivity index (χ0v) is 15.4. The average Bonchev–Trinajstić information content (AvgIpc) is 2.69. The molecule has 0 bridgehead atoms. The van der Waals surface area contributed by atoms with Crippen LogP contribution >= 0.6 is 0 Å². The fourth-order valence-electron chi connectivity index (χ4n) is 2.54. The number of anilines is 3. The van der Waals surface area contributed by atoms with Crippen molar-refractivity contribution in [2.45, 2.75) is 6.42 Å². The zero-order chi connectivity index (χ0) is 19.1. The summed E-state index contributed by atoms with van der Waals surface area (Å²) < 4.78 is 27.1. The smallest absolute Gasteiger partial charge is 0.233 e. The lowest BCUT2D eigenvalue weighted by Gasteiger charge is -2.10. The Hall–Kier alpha value is -3.30. The number of nitrogens with zero attached hydrogens (tertiary/aromatic N) is 1. The van der Waals surface area contributed by atoms with Gasteiger partial charge >= 0.3 is 0 Å². The Balaban J connectivity index is 1.58. The van der Waals surface area contributed by atoms with Gasteiger partial charge in [-0.05, 0) is 60.5 Å². The number of aryl methyl sites for hydroxylation is 1. The molecular weight excluding hydrogens is 358 g/mol. The largest absolute Gasteiger partial charge is 0.356 e. The second-order valence-electron chi connectivity index (χ2n) is 6.05. The summed E-state index contributed by atoms with van der Waals surface area (Å²) in [5, 5.41) is 12.0. The van der Waals surface area contributed by atoms with Gasteiger partial charge in [-0.3, -0.25) is 4.72 Å². The van der Waals surface area contributed by atoms with E-state index in [2.05, 4.69) is 16.1 Å². The molecule has 0 aliphatic carbocycles. The lowest BCUT2D eigenvalue weighted by atomic mass is 10.2. The molecule has 0 radical (unpaired) electrons. The van der Waals surface area contributed by atoms with Gasteiger partial charge in [0.15, 0.2) is 0 Å². The standard InChI is InChI=1S/C21H19N3O2S/c22-16-18-6-8-19(9-7-18)23-20-10-12-21(13-11-20)24-27(25,26)15-14-17-4-2-1-3-5-17/h1-13,23-24H,14-15H2. The van der Waals surface area contributed by atoms with E-state index in [1.807, 2.05) is 42.5 Å². The Morgan fingerprint density at radius 2 is 1.33 bits per heavy atom. The molecule has 0 saturated heterocycles. The van der Waals surface area contributed by atoms with Crippen LogP contribution in [0.1, 0.15) is 11.1 Å². The fourth-order valence-corrected chi connectivity index (χ4v) is 3.65. The Kier molecular flexibility index (Phi) is 5.74. The molecule has 0 amide bonds. The molecule has 6 heteroatoms. The van der Waals surface area contributed by atoms with Crippen molar-refractivity contribution in [3.05, 3.63) is 90.0 Å². The highest BCUT2D eigenvalue weighted by Gasteiger charge is 2.10. The van der Waals surface area contributed by atoms with E-state index in [1.54, 1.807) is 36.4 Å². The van der Waals surface area contributed by atoms with E-state index in [1.165, 1.54) is 0 Å². The molecule has 3 rings (SSSR count). The van der Waals surface area contributed by atoms with E-state index in [9.17, 15) is 8.42 Å². The third-order valence-electron chi connectivity index (χ3n) is 3.96. The summed E-state index contributed by atoms with van der Waals surface area (Å²) in [6, 6.07) is 25.7. The molecule has 0 unspecified atom stereocenters. The SMILES string of the molecule is N#Cc1ccc(Nc2ccc(NS(=O)(=O)CCc3ccccc3)cc2)cc1. The summed E-state index contributed by atoms with van der Waals surface area (Å²) in [7, 11) is -3.41. The third-order valence-corrected chi connectivity index (χ3v) is 5.25. The van der Waals surface area contributed by atoms with Gasteiger partial charge in [0, 0.05) is 17.1 Å². The number of nitriles is 1. The first-order valence-corrected chi connectivity index (χ1v) is 10.1. The Labute approximate surface area is 159 Å². The van der Waals surface area contributed by atoms with Crippen LogP contribution < -0.4 is 10.0 Å². The van der Waals surface area contributed by atoms with Gasteiger partial charge in [-0.15, -0.1) is 0 Å². The maximum Gasteiger partial charge on any atom is 0.233 e. The van der Waals surface area contributed by atoms with Crippen molar-refractivity contribution in [1.82, 2.24) is 0 Å². The minimum Gasteiger partial charge on any atom is -0.356 e. The third kappa shape index (κ3) is 5.59. The molecule has 136 valence electrons. The van der Waals surface area contributed by atoms with Crippen LogP contribution in [0.5, 0.6) is 0 Å². The number of benzene rings is 3. The normalized spacial score (nSPS) is 10.8. The number of nitrogens with one attached hydrogen (secondary N) is 2. The van der Waals surface area contributed by atoms with Gasteiger partial charge in [-0.1, -0.05) is 30.3 Å². The molecule has 0 atom stereocenters. The number of sulfonamides is 1. The monoisotopic (exact) mass is 377 g/mol. The zero-order valence-electron chi connectivity index (χ0n) is 14.6.